The van der Waals surface area contributed by atoms with Gasteiger partial charge < -0.3 is 14.6 Å². The predicted molar refractivity (Wildman–Crippen MR) is 67.5 cm³/mol. The van der Waals surface area contributed by atoms with Crippen molar-refractivity contribution in [3.05, 3.63) is 23.3 Å². The van der Waals surface area contributed by atoms with Gasteiger partial charge in [0.25, 0.3) is 0 Å². The van der Waals surface area contributed by atoms with Gasteiger partial charge in [0.05, 0.1) is 19.6 Å². The molecule has 0 bridgehead atoms. The highest BCUT2D eigenvalue weighted by Crippen LogP contribution is 2.39. The van der Waals surface area contributed by atoms with Crippen LogP contribution in [-0.4, -0.2) is 24.3 Å². The maximum absolute atomic E-state index is 10.9. The van der Waals surface area contributed by atoms with Crippen molar-refractivity contribution in [2.24, 2.45) is 0 Å². The molecule has 0 atom stereocenters. The Bertz CT molecular complexity index is 451. The number of carbonyl (C=O) groups is 1. The van der Waals surface area contributed by atoms with Crippen LogP contribution in [0.4, 0.5) is 0 Å². The maximum Gasteiger partial charge on any atom is 0.307 e. The minimum absolute atomic E-state index is 0.0180. The van der Waals surface area contributed by atoms with Crippen LogP contribution in [0.2, 0.25) is 0 Å². The fraction of sp³-hybridized carbons (Fsp3) is 0.500. The highest BCUT2D eigenvalue weighted by Gasteiger charge is 2.21. The fourth-order valence-electron chi connectivity index (χ4n) is 2.25. The molecular weight excluding hydrogens is 232 g/mol. The smallest absolute Gasteiger partial charge is 0.307 e. The van der Waals surface area contributed by atoms with Gasteiger partial charge in [-0.15, -0.1) is 0 Å². The lowest BCUT2D eigenvalue weighted by Crippen LogP contribution is -2.07. The lowest BCUT2D eigenvalue weighted by molar-refractivity contribution is -0.136. The third kappa shape index (κ3) is 2.58. The lowest BCUT2D eigenvalue weighted by atomic mass is 9.93. The van der Waals surface area contributed by atoms with Crippen molar-refractivity contribution in [1.82, 2.24) is 0 Å². The number of hydrogen-bond donors (Lipinski definition) is 1. The molecule has 0 radical (unpaired) electrons. The minimum Gasteiger partial charge on any atom is -0.490 e. The van der Waals surface area contributed by atoms with Crippen molar-refractivity contribution in [2.45, 2.75) is 32.6 Å². The highest BCUT2D eigenvalue weighted by atomic mass is 16.5. The van der Waals surface area contributed by atoms with Gasteiger partial charge in [-0.1, -0.05) is 19.9 Å². The van der Waals surface area contributed by atoms with E-state index in [2.05, 4.69) is 0 Å². The second-order valence-corrected chi connectivity index (χ2v) is 4.74. The van der Waals surface area contributed by atoms with Crippen LogP contribution in [0.1, 0.15) is 37.3 Å². The van der Waals surface area contributed by atoms with Gasteiger partial charge in [-0.3, -0.25) is 4.79 Å². The van der Waals surface area contributed by atoms with Gasteiger partial charge in [-0.2, -0.15) is 0 Å². The molecule has 98 valence electrons. The van der Waals surface area contributed by atoms with Crippen LogP contribution >= 0.6 is 0 Å². The standard InChI is InChI=1S/C14H18O4/c1-9(2)13-10(8-12(15)16)4-5-11-14(13)18-7-3-6-17-11/h4-5,9H,3,6-8H2,1-2H3,(H,15,16). The van der Waals surface area contributed by atoms with E-state index in [9.17, 15) is 4.79 Å². The summed E-state index contributed by atoms with van der Waals surface area (Å²) in [5, 5.41) is 8.96. The van der Waals surface area contributed by atoms with Crippen molar-refractivity contribution in [3.63, 3.8) is 0 Å². The number of rotatable bonds is 3. The lowest BCUT2D eigenvalue weighted by Gasteiger charge is -2.18. The van der Waals surface area contributed by atoms with E-state index in [4.69, 9.17) is 14.6 Å². The van der Waals surface area contributed by atoms with E-state index in [0.29, 0.717) is 13.2 Å². The summed E-state index contributed by atoms with van der Waals surface area (Å²) in [6, 6.07) is 3.64. The number of carboxylic acid groups (broad SMARTS) is 1. The fourth-order valence-corrected chi connectivity index (χ4v) is 2.25. The molecule has 1 N–H and O–H groups in total. The molecule has 2 rings (SSSR count). The molecule has 1 aromatic carbocycles. The van der Waals surface area contributed by atoms with Gasteiger partial charge in [-0.25, -0.2) is 0 Å². The van der Waals surface area contributed by atoms with E-state index in [0.717, 1.165) is 29.0 Å². The average molecular weight is 250 g/mol. The van der Waals surface area contributed by atoms with Gasteiger partial charge in [0.15, 0.2) is 11.5 Å². The van der Waals surface area contributed by atoms with Crippen LogP contribution in [0.15, 0.2) is 12.1 Å². The molecule has 0 saturated carbocycles. The van der Waals surface area contributed by atoms with Crippen molar-refractivity contribution in [1.29, 1.82) is 0 Å². The second-order valence-electron chi connectivity index (χ2n) is 4.74. The molecule has 0 saturated heterocycles. The van der Waals surface area contributed by atoms with E-state index in [-0.39, 0.29) is 12.3 Å². The second kappa shape index (κ2) is 5.29. The van der Waals surface area contributed by atoms with Crippen LogP contribution in [0.5, 0.6) is 11.5 Å². The van der Waals surface area contributed by atoms with Gasteiger partial charge in [0.2, 0.25) is 0 Å². The van der Waals surface area contributed by atoms with Gasteiger partial charge in [-0.05, 0) is 17.5 Å². The summed E-state index contributed by atoms with van der Waals surface area (Å²) >= 11 is 0. The molecule has 1 aromatic rings. The molecule has 0 amide bonds. The minimum atomic E-state index is -0.827. The van der Waals surface area contributed by atoms with E-state index in [1.54, 1.807) is 0 Å². The Morgan fingerprint density at radius 2 is 2.06 bits per heavy atom. The zero-order chi connectivity index (χ0) is 13.1. The van der Waals surface area contributed by atoms with Crippen molar-refractivity contribution >= 4 is 5.97 Å². The summed E-state index contributed by atoms with van der Waals surface area (Å²) in [6.45, 7) is 5.33. The van der Waals surface area contributed by atoms with E-state index in [1.807, 2.05) is 26.0 Å². The number of ether oxygens (including phenoxy) is 2. The molecule has 0 aromatic heterocycles. The number of fused-ring (bicyclic) bond motifs is 1. The quantitative estimate of drug-likeness (QED) is 0.895. The topological polar surface area (TPSA) is 55.8 Å². The molecule has 4 nitrogen and oxygen atoms in total. The molecular formula is C14H18O4. The first-order chi connectivity index (χ1) is 8.59. The first-order valence-electron chi connectivity index (χ1n) is 6.22. The summed E-state index contributed by atoms with van der Waals surface area (Å²) in [5.41, 5.74) is 1.76. The van der Waals surface area contributed by atoms with Gasteiger partial charge in [0.1, 0.15) is 0 Å². The van der Waals surface area contributed by atoms with Crippen LogP contribution in [-0.2, 0) is 11.2 Å². The maximum atomic E-state index is 10.9. The summed E-state index contributed by atoms with van der Waals surface area (Å²) in [7, 11) is 0. The number of benzene rings is 1. The molecule has 1 aliphatic rings. The van der Waals surface area contributed by atoms with Gasteiger partial charge >= 0.3 is 5.97 Å². The number of hydrogen-bond acceptors (Lipinski definition) is 3. The molecule has 0 spiro atoms. The third-order valence-electron chi connectivity index (χ3n) is 2.96. The normalized spacial score (nSPS) is 14.4. The Hall–Kier alpha value is -1.71. The summed E-state index contributed by atoms with van der Waals surface area (Å²) in [4.78, 5) is 10.9. The largest absolute Gasteiger partial charge is 0.490 e. The van der Waals surface area contributed by atoms with Crippen LogP contribution < -0.4 is 9.47 Å². The predicted octanol–water partition coefficient (Wildman–Crippen LogP) is 2.60. The van der Waals surface area contributed by atoms with E-state index in [1.165, 1.54) is 0 Å². The van der Waals surface area contributed by atoms with Crippen LogP contribution in [0.3, 0.4) is 0 Å². The summed E-state index contributed by atoms with van der Waals surface area (Å²) in [5.74, 6) is 0.828. The molecule has 18 heavy (non-hydrogen) atoms. The zero-order valence-electron chi connectivity index (χ0n) is 10.7. The van der Waals surface area contributed by atoms with E-state index < -0.39 is 5.97 Å². The average Bonchev–Trinajstić information content (AvgIpc) is 2.52. The highest BCUT2D eigenvalue weighted by molar-refractivity contribution is 5.72. The molecule has 0 fully saturated rings. The number of aliphatic carboxylic acids is 1. The van der Waals surface area contributed by atoms with Gasteiger partial charge in [0, 0.05) is 12.0 Å². The van der Waals surface area contributed by atoms with Crippen molar-refractivity contribution in [3.8, 4) is 11.5 Å². The first kappa shape index (κ1) is 12.7. The Balaban J connectivity index is 2.49. The molecule has 1 heterocycles. The monoisotopic (exact) mass is 250 g/mol. The van der Waals surface area contributed by atoms with Crippen molar-refractivity contribution in [2.75, 3.05) is 13.2 Å². The van der Waals surface area contributed by atoms with E-state index >= 15 is 0 Å². The first-order valence-corrected chi connectivity index (χ1v) is 6.22. The SMILES string of the molecule is CC(C)c1c(CC(=O)O)ccc2c1OCCCO2. The summed E-state index contributed by atoms with van der Waals surface area (Å²) in [6.07, 6.45) is 0.866. The Kier molecular flexibility index (Phi) is 3.75. The molecule has 4 heteroatoms. The third-order valence-corrected chi connectivity index (χ3v) is 2.96. The van der Waals surface area contributed by atoms with Crippen LogP contribution in [0, 0.1) is 0 Å². The zero-order valence-corrected chi connectivity index (χ0v) is 10.7. The summed E-state index contributed by atoms with van der Waals surface area (Å²) < 4.78 is 11.4. The molecule has 0 aliphatic carbocycles. The Morgan fingerprint density at radius 3 is 2.72 bits per heavy atom. The number of carboxylic acids is 1. The Labute approximate surface area is 107 Å². The van der Waals surface area contributed by atoms with Crippen LogP contribution in [0.25, 0.3) is 0 Å². The Morgan fingerprint density at radius 1 is 1.33 bits per heavy atom. The van der Waals surface area contributed by atoms with Crippen molar-refractivity contribution < 1.29 is 19.4 Å². The molecule has 1 aliphatic heterocycles. The molecule has 0 unspecified atom stereocenters.